The first kappa shape index (κ1) is 25.3. The molecule has 0 atom stereocenters. The molecule has 2 aromatic heterocycles. The van der Waals surface area contributed by atoms with Gasteiger partial charge in [-0.2, -0.15) is 5.26 Å². The van der Waals surface area contributed by atoms with Gasteiger partial charge in [0.15, 0.2) is 17.5 Å². The van der Waals surface area contributed by atoms with Crippen LogP contribution < -0.4 is 16.1 Å². The predicted molar refractivity (Wildman–Crippen MR) is 135 cm³/mol. The van der Waals surface area contributed by atoms with E-state index >= 15 is 0 Å². The molecule has 0 saturated carbocycles. The van der Waals surface area contributed by atoms with Crippen LogP contribution in [0.3, 0.4) is 0 Å². The first-order valence-electron chi connectivity index (χ1n) is 11.6. The highest BCUT2D eigenvalue weighted by atomic mass is 35.5. The lowest BCUT2D eigenvalue weighted by molar-refractivity contribution is 0.444. The molecule has 0 bridgehead atoms. The standard InChI is InChI=1S/C27H19ClF3N5O2/c1-15-6-18(12-33-11-15)36-26(37)19-4-5-34(23-9-16(10-32)2-3-20(23)28)14-24(19)35(27(36)38)13-17-7-21(29)25(31)22(30)8-17/h2-3,6-9,11-12H,4-5,13-14H2,1H3. The number of benzene rings is 2. The van der Waals surface area contributed by atoms with E-state index in [1.54, 1.807) is 37.4 Å². The number of hydrogen-bond donors (Lipinski definition) is 0. The van der Waals surface area contributed by atoms with Gasteiger partial charge in [0, 0.05) is 18.3 Å². The first-order chi connectivity index (χ1) is 18.2. The van der Waals surface area contributed by atoms with E-state index < -0.39 is 28.7 Å². The van der Waals surface area contributed by atoms with Crippen LogP contribution in [0.25, 0.3) is 5.69 Å². The molecule has 0 amide bonds. The Bertz CT molecular complexity index is 1740. The van der Waals surface area contributed by atoms with Crippen LogP contribution in [0.15, 0.2) is 58.4 Å². The van der Waals surface area contributed by atoms with Crippen molar-refractivity contribution in [2.24, 2.45) is 0 Å². The maximum atomic E-state index is 14.0. The molecule has 2 aromatic carbocycles. The number of hydrogen-bond acceptors (Lipinski definition) is 5. The number of aromatic nitrogens is 3. The quantitative estimate of drug-likeness (QED) is 0.363. The van der Waals surface area contributed by atoms with E-state index in [1.807, 2.05) is 4.90 Å². The van der Waals surface area contributed by atoms with Crippen molar-refractivity contribution in [3.8, 4) is 11.8 Å². The average Bonchev–Trinajstić information content (AvgIpc) is 2.90. The summed E-state index contributed by atoms with van der Waals surface area (Å²) >= 11 is 6.40. The summed E-state index contributed by atoms with van der Waals surface area (Å²) in [5, 5.41) is 9.70. The lowest BCUT2D eigenvalue weighted by Gasteiger charge is -2.33. The van der Waals surface area contributed by atoms with Gasteiger partial charge in [0.25, 0.3) is 5.56 Å². The lowest BCUT2D eigenvalue weighted by atomic mass is 10.0. The minimum absolute atomic E-state index is 0.0000926. The zero-order chi connectivity index (χ0) is 27.1. The van der Waals surface area contributed by atoms with Gasteiger partial charge in [-0.05, 0) is 60.9 Å². The third kappa shape index (κ3) is 4.46. The molecule has 38 heavy (non-hydrogen) atoms. The molecule has 0 saturated heterocycles. The Kier molecular flexibility index (Phi) is 6.55. The van der Waals surface area contributed by atoms with Crippen molar-refractivity contribution in [2.45, 2.75) is 26.4 Å². The van der Waals surface area contributed by atoms with Gasteiger partial charge in [0.05, 0.1) is 53.0 Å². The lowest BCUT2D eigenvalue weighted by Crippen LogP contribution is -2.47. The number of fused-ring (bicyclic) bond motifs is 1. The highest BCUT2D eigenvalue weighted by molar-refractivity contribution is 6.33. The molecule has 7 nitrogen and oxygen atoms in total. The van der Waals surface area contributed by atoms with Gasteiger partial charge in [0.2, 0.25) is 0 Å². The molecule has 1 aliphatic rings. The maximum Gasteiger partial charge on any atom is 0.336 e. The third-order valence-corrected chi connectivity index (χ3v) is 6.77. The van der Waals surface area contributed by atoms with Gasteiger partial charge in [-0.3, -0.25) is 14.3 Å². The Morgan fingerprint density at radius 2 is 1.82 bits per heavy atom. The first-order valence-corrected chi connectivity index (χ1v) is 11.9. The summed E-state index contributed by atoms with van der Waals surface area (Å²) in [5.74, 6) is -4.39. The molecule has 0 aliphatic carbocycles. The molecule has 0 unspecified atom stereocenters. The van der Waals surface area contributed by atoms with Crippen molar-refractivity contribution in [1.82, 2.24) is 14.1 Å². The van der Waals surface area contributed by atoms with Gasteiger partial charge in [0.1, 0.15) is 0 Å². The van der Waals surface area contributed by atoms with E-state index in [4.69, 9.17) is 11.6 Å². The van der Waals surface area contributed by atoms with E-state index in [0.717, 1.165) is 22.3 Å². The molecule has 11 heteroatoms. The summed E-state index contributed by atoms with van der Waals surface area (Å²) in [7, 11) is 0. The number of pyridine rings is 1. The Morgan fingerprint density at radius 1 is 1.08 bits per heavy atom. The topological polar surface area (TPSA) is 83.9 Å². The van der Waals surface area contributed by atoms with E-state index in [0.29, 0.717) is 34.1 Å². The summed E-state index contributed by atoms with van der Waals surface area (Å²) < 4.78 is 43.9. The van der Waals surface area contributed by atoms with E-state index in [1.165, 1.54) is 10.8 Å². The molecule has 4 aromatic rings. The number of halogens is 4. The van der Waals surface area contributed by atoms with E-state index in [-0.39, 0.29) is 30.8 Å². The predicted octanol–water partition coefficient (Wildman–Crippen LogP) is 4.26. The molecular weight excluding hydrogens is 519 g/mol. The fraction of sp³-hybridized carbons (Fsp3) is 0.185. The van der Waals surface area contributed by atoms with Gasteiger partial charge in [-0.15, -0.1) is 0 Å². The highest BCUT2D eigenvalue weighted by Crippen LogP contribution is 2.31. The number of nitrogens with zero attached hydrogens (tertiary/aromatic N) is 5. The fourth-order valence-electron chi connectivity index (χ4n) is 4.65. The average molecular weight is 538 g/mol. The Balaban J connectivity index is 1.71. The van der Waals surface area contributed by atoms with Crippen LogP contribution in [0.2, 0.25) is 5.02 Å². The second-order valence-corrected chi connectivity index (χ2v) is 9.39. The summed E-state index contributed by atoms with van der Waals surface area (Å²) in [6.07, 6.45) is 3.19. The molecule has 0 fully saturated rings. The highest BCUT2D eigenvalue weighted by Gasteiger charge is 2.27. The van der Waals surface area contributed by atoms with Crippen LogP contribution in [-0.4, -0.2) is 20.7 Å². The van der Waals surface area contributed by atoms with Crippen molar-refractivity contribution in [3.63, 3.8) is 0 Å². The van der Waals surface area contributed by atoms with Crippen LogP contribution in [0, 0.1) is 35.7 Å². The monoisotopic (exact) mass is 537 g/mol. The summed E-state index contributed by atoms with van der Waals surface area (Å²) in [5.41, 5.74) is 1.30. The normalized spacial score (nSPS) is 12.8. The molecule has 1 aliphatic heterocycles. The molecule has 192 valence electrons. The zero-order valence-corrected chi connectivity index (χ0v) is 20.8. The van der Waals surface area contributed by atoms with Gasteiger partial charge in [-0.25, -0.2) is 22.5 Å². The van der Waals surface area contributed by atoms with Crippen molar-refractivity contribution < 1.29 is 13.2 Å². The van der Waals surface area contributed by atoms with Crippen LogP contribution in [0.1, 0.15) is 27.9 Å². The van der Waals surface area contributed by atoms with Gasteiger partial charge in [-0.1, -0.05) is 11.6 Å². The number of aryl methyl sites for hydroxylation is 1. The van der Waals surface area contributed by atoms with Crippen LogP contribution in [0.5, 0.6) is 0 Å². The number of rotatable bonds is 4. The molecule has 0 N–H and O–H groups in total. The number of anilines is 1. The summed E-state index contributed by atoms with van der Waals surface area (Å²) in [6.45, 7) is 1.86. The van der Waals surface area contributed by atoms with Gasteiger partial charge >= 0.3 is 5.69 Å². The third-order valence-electron chi connectivity index (χ3n) is 6.45. The van der Waals surface area contributed by atoms with Crippen molar-refractivity contribution in [1.29, 1.82) is 5.26 Å². The van der Waals surface area contributed by atoms with Gasteiger partial charge < -0.3 is 4.90 Å². The van der Waals surface area contributed by atoms with Crippen LogP contribution >= 0.6 is 11.6 Å². The van der Waals surface area contributed by atoms with E-state index in [2.05, 4.69) is 11.1 Å². The fourth-order valence-corrected chi connectivity index (χ4v) is 4.88. The Labute approximate surface area is 219 Å². The molecule has 5 rings (SSSR count). The summed E-state index contributed by atoms with van der Waals surface area (Å²) in [6, 6.07) is 10.1. The largest absolute Gasteiger partial charge is 0.364 e. The second-order valence-electron chi connectivity index (χ2n) is 8.98. The SMILES string of the molecule is Cc1cncc(-n2c(=O)c3c(n(Cc4cc(F)c(F)c(F)c4)c2=O)CN(c2cc(C#N)ccc2Cl)CC3)c1. The van der Waals surface area contributed by atoms with Crippen molar-refractivity contribution >= 4 is 17.3 Å². The maximum absolute atomic E-state index is 14.0. The molecule has 3 heterocycles. The zero-order valence-electron chi connectivity index (χ0n) is 20.0. The van der Waals surface area contributed by atoms with Crippen LogP contribution in [-0.2, 0) is 19.5 Å². The minimum Gasteiger partial charge on any atom is -0.364 e. The molecular formula is C27H19ClF3N5O2. The molecule has 0 radical (unpaired) electrons. The smallest absolute Gasteiger partial charge is 0.336 e. The van der Waals surface area contributed by atoms with Crippen molar-refractivity contribution in [2.75, 3.05) is 11.4 Å². The molecule has 0 spiro atoms. The Morgan fingerprint density at radius 3 is 2.50 bits per heavy atom. The second kappa shape index (κ2) is 9.84. The van der Waals surface area contributed by atoms with Crippen molar-refractivity contribution in [3.05, 3.63) is 120 Å². The minimum atomic E-state index is -1.61. The van der Waals surface area contributed by atoms with Crippen LogP contribution in [0.4, 0.5) is 18.9 Å². The van der Waals surface area contributed by atoms with E-state index in [9.17, 15) is 28.0 Å². The summed E-state index contributed by atoms with van der Waals surface area (Å²) in [4.78, 5) is 33.3. The number of nitriles is 1. The Hall–Kier alpha value is -4.36.